The average Bonchev–Trinajstić information content (AvgIpc) is 2.60. The molecule has 0 bridgehead atoms. The first-order valence-corrected chi connectivity index (χ1v) is 9.99. The van der Waals surface area contributed by atoms with E-state index in [1.807, 2.05) is 0 Å². The van der Waals surface area contributed by atoms with Gasteiger partial charge in [-0.1, -0.05) is 48.5 Å². The van der Waals surface area contributed by atoms with Gasteiger partial charge in [0.1, 0.15) is 0 Å². The molecule has 114 valence electrons. The molecule has 5 aromatic rings. The van der Waals surface area contributed by atoms with E-state index in [9.17, 15) is 0 Å². The molecular formula is C22H12I2. The Kier molecular flexibility index (Phi) is 3.45. The van der Waals surface area contributed by atoms with Gasteiger partial charge >= 0.3 is 0 Å². The number of hydrogen-bond donors (Lipinski definition) is 0. The molecule has 0 nitrogen and oxygen atoms in total. The molecule has 0 heterocycles. The number of benzene rings is 5. The Labute approximate surface area is 167 Å². The van der Waals surface area contributed by atoms with E-state index in [0.717, 1.165) is 0 Å². The third kappa shape index (κ3) is 2.23. The summed E-state index contributed by atoms with van der Waals surface area (Å²) in [4.78, 5) is 0. The molecule has 0 fully saturated rings. The highest BCUT2D eigenvalue weighted by atomic mass is 127. The highest BCUT2D eigenvalue weighted by molar-refractivity contribution is 14.1. The lowest BCUT2D eigenvalue weighted by Crippen LogP contribution is -1.84. The van der Waals surface area contributed by atoms with Crippen molar-refractivity contribution in [3.63, 3.8) is 0 Å². The number of hydrogen-bond acceptors (Lipinski definition) is 0. The molecule has 0 aliphatic rings. The molecule has 0 aliphatic heterocycles. The fourth-order valence-electron chi connectivity index (χ4n) is 3.64. The summed E-state index contributed by atoms with van der Waals surface area (Å²) in [6.07, 6.45) is 0. The van der Waals surface area contributed by atoms with Crippen molar-refractivity contribution in [2.24, 2.45) is 0 Å². The minimum Gasteiger partial charge on any atom is -0.0537 e. The van der Waals surface area contributed by atoms with Crippen LogP contribution in [0.25, 0.3) is 43.1 Å². The fourth-order valence-corrected chi connectivity index (χ4v) is 4.68. The second kappa shape index (κ2) is 5.56. The maximum Gasteiger partial charge on any atom is 0.0136 e. The van der Waals surface area contributed by atoms with Crippen LogP contribution in [0.15, 0.2) is 72.8 Å². The minimum absolute atomic E-state index is 1.28. The summed E-state index contributed by atoms with van der Waals surface area (Å²) >= 11 is 4.75. The van der Waals surface area contributed by atoms with E-state index >= 15 is 0 Å². The molecule has 0 atom stereocenters. The molecule has 0 saturated heterocycles. The van der Waals surface area contributed by atoms with Crippen molar-refractivity contribution in [1.29, 1.82) is 0 Å². The molecular weight excluding hydrogens is 518 g/mol. The summed E-state index contributed by atoms with van der Waals surface area (Å²) in [6, 6.07) is 27.0. The van der Waals surface area contributed by atoms with Gasteiger partial charge in [-0.3, -0.25) is 0 Å². The molecule has 0 unspecified atom stereocenters. The molecule has 0 aromatic heterocycles. The van der Waals surface area contributed by atoms with Crippen molar-refractivity contribution in [2.75, 3.05) is 0 Å². The van der Waals surface area contributed by atoms with Gasteiger partial charge < -0.3 is 0 Å². The summed E-state index contributed by atoms with van der Waals surface area (Å²) in [5, 5.41) is 10.6. The predicted molar refractivity (Wildman–Crippen MR) is 122 cm³/mol. The first-order chi connectivity index (χ1) is 11.7. The molecule has 0 spiro atoms. The van der Waals surface area contributed by atoms with E-state index in [-0.39, 0.29) is 0 Å². The molecule has 0 saturated carbocycles. The van der Waals surface area contributed by atoms with E-state index in [4.69, 9.17) is 0 Å². The van der Waals surface area contributed by atoms with Crippen LogP contribution in [0.3, 0.4) is 0 Å². The monoisotopic (exact) mass is 530 g/mol. The zero-order valence-corrected chi connectivity index (χ0v) is 17.0. The Hall–Kier alpha value is -1.40. The van der Waals surface area contributed by atoms with Gasteiger partial charge in [-0.25, -0.2) is 0 Å². The van der Waals surface area contributed by atoms with Gasteiger partial charge in [0, 0.05) is 7.14 Å². The van der Waals surface area contributed by atoms with Crippen LogP contribution in [0, 0.1) is 7.14 Å². The van der Waals surface area contributed by atoms with Crippen LogP contribution >= 0.6 is 45.2 Å². The van der Waals surface area contributed by atoms with Crippen LogP contribution in [0.4, 0.5) is 0 Å². The van der Waals surface area contributed by atoms with Gasteiger partial charge in [0.2, 0.25) is 0 Å². The summed E-state index contributed by atoms with van der Waals surface area (Å²) in [7, 11) is 0. The summed E-state index contributed by atoms with van der Waals surface area (Å²) in [5.41, 5.74) is 0. The summed E-state index contributed by atoms with van der Waals surface area (Å²) in [6.45, 7) is 0. The quantitative estimate of drug-likeness (QED) is 0.144. The molecule has 0 radical (unpaired) electrons. The van der Waals surface area contributed by atoms with Crippen LogP contribution in [-0.4, -0.2) is 0 Å². The fraction of sp³-hybridized carbons (Fsp3) is 0. The zero-order chi connectivity index (χ0) is 16.3. The van der Waals surface area contributed by atoms with Gasteiger partial charge in [-0.2, -0.15) is 0 Å². The molecule has 0 amide bonds. The van der Waals surface area contributed by atoms with Crippen LogP contribution in [-0.2, 0) is 0 Å². The third-order valence-corrected chi connectivity index (χ3v) is 6.10. The number of halogens is 2. The summed E-state index contributed by atoms with van der Waals surface area (Å²) < 4.78 is 2.56. The second-order valence-electron chi connectivity index (χ2n) is 6.12. The highest BCUT2D eigenvalue weighted by Gasteiger charge is 2.07. The maximum absolute atomic E-state index is 2.38. The normalized spacial score (nSPS) is 11.8. The predicted octanol–water partition coefficient (Wildman–Crippen LogP) is 7.51. The highest BCUT2D eigenvalue weighted by Crippen LogP contribution is 2.35. The smallest absolute Gasteiger partial charge is 0.0136 e. The zero-order valence-electron chi connectivity index (χ0n) is 12.7. The van der Waals surface area contributed by atoms with Crippen molar-refractivity contribution in [2.45, 2.75) is 0 Å². The minimum atomic E-state index is 1.28. The lowest BCUT2D eigenvalue weighted by atomic mass is 9.94. The molecule has 24 heavy (non-hydrogen) atoms. The van der Waals surface area contributed by atoms with Gasteiger partial charge in [-0.05, 0) is 113 Å². The Bertz CT molecular complexity index is 1170. The largest absolute Gasteiger partial charge is 0.0537 e. The van der Waals surface area contributed by atoms with E-state index in [0.29, 0.717) is 0 Å². The van der Waals surface area contributed by atoms with Gasteiger partial charge in [0.15, 0.2) is 0 Å². The van der Waals surface area contributed by atoms with Crippen molar-refractivity contribution < 1.29 is 0 Å². The van der Waals surface area contributed by atoms with Gasteiger partial charge in [0.05, 0.1) is 0 Å². The first-order valence-electron chi connectivity index (χ1n) is 7.84. The number of rotatable bonds is 0. The summed E-state index contributed by atoms with van der Waals surface area (Å²) in [5.74, 6) is 0. The van der Waals surface area contributed by atoms with E-state index in [1.165, 1.54) is 50.2 Å². The van der Waals surface area contributed by atoms with Crippen molar-refractivity contribution in [3.05, 3.63) is 79.9 Å². The van der Waals surface area contributed by atoms with E-state index < -0.39 is 0 Å². The number of fused-ring (bicyclic) bond motifs is 7. The molecule has 0 aliphatic carbocycles. The van der Waals surface area contributed by atoms with E-state index in [2.05, 4.69) is 118 Å². The lowest BCUT2D eigenvalue weighted by Gasteiger charge is -2.10. The molecule has 5 aromatic carbocycles. The Balaban J connectivity index is 1.97. The maximum atomic E-state index is 2.38. The molecule has 5 rings (SSSR count). The van der Waals surface area contributed by atoms with Crippen LogP contribution in [0.1, 0.15) is 0 Å². The van der Waals surface area contributed by atoms with Crippen molar-refractivity contribution in [3.8, 4) is 0 Å². The Morgan fingerprint density at radius 2 is 0.708 bits per heavy atom. The van der Waals surface area contributed by atoms with Crippen LogP contribution < -0.4 is 0 Å². The van der Waals surface area contributed by atoms with Crippen molar-refractivity contribution >= 4 is 88.3 Å². The van der Waals surface area contributed by atoms with Gasteiger partial charge in [-0.15, -0.1) is 0 Å². The molecule has 2 heteroatoms. The SMILES string of the molecule is Ic1ccc2c(ccc3c2ccc2c4ccc(I)cc4ccc23)c1. The lowest BCUT2D eigenvalue weighted by molar-refractivity contribution is 1.72. The third-order valence-electron chi connectivity index (χ3n) is 4.75. The second-order valence-corrected chi connectivity index (χ2v) is 8.61. The van der Waals surface area contributed by atoms with Gasteiger partial charge in [0.25, 0.3) is 0 Å². The molecule has 0 N–H and O–H groups in total. The first kappa shape index (κ1) is 14.9. The standard InChI is InChI=1S/C22H12I2/c23-15-3-7-17-13(11-15)1-5-21-19(17)9-10-20-18-8-4-16(24)12-14(18)2-6-22(20)21/h1-12H. The van der Waals surface area contributed by atoms with Crippen LogP contribution in [0.5, 0.6) is 0 Å². The Morgan fingerprint density at radius 3 is 1.17 bits per heavy atom. The topological polar surface area (TPSA) is 0 Å². The van der Waals surface area contributed by atoms with Crippen LogP contribution in [0.2, 0.25) is 0 Å². The van der Waals surface area contributed by atoms with Crippen molar-refractivity contribution in [1.82, 2.24) is 0 Å². The van der Waals surface area contributed by atoms with E-state index in [1.54, 1.807) is 0 Å². The Morgan fingerprint density at radius 1 is 0.375 bits per heavy atom. The average molecular weight is 530 g/mol.